The Kier molecular flexibility index (Phi) is 5.20. The third kappa shape index (κ3) is 3.41. The Morgan fingerprint density at radius 1 is 1.08 bits per heavy atom. The molecule has 0 radical (unpaired) electrons. The van der Waals surface area contributed by atoms with Crippen molar-refractivity contribution >= 4 is 46.6 Å². The van der Waals surface area contributed by atoms with Crippen molar-refractivity contribution in [3.8, 4) is 11.5 Å². The number of anilines is 1. The summed E-state index contributed by atoms with van der Waals surface area (Å²) in [7, 11) is 3.05. The molecule has 2 aromatic rings. The molecule has 1 amide bonds. The number of amides is 1. The van der Waals surface area contributed by atoms with Gasteiger partial charge >= 0.3 is 0 Å². The molecule has 0 N–H and O–H groups in total. The fraction of sp³-hybridized carbons (Fsp3) is 0.158. The smallest absolute Gasteiger partial charge is 0.280 e. The SMILES string of the molecule is COc1cc(/C=C2/C(=O)N(c3ccc(Cl)cc3)N=C2C)cc(Cl)c1OC. The number of rotatable bonds is 4. The van der Waals surface area contributed by atoms with E-state index in [0.29, 0.717) is 44.1 Å². The first-order valence-electron chi connectivity index (χ1n) is 7.73. The van der Waals surface area contributed by atoms with Crippen molar-refractivity contribution in [3.63, 3.8) is 0 Å². The number of benzene rings is 2. The Morgan fingerprint density at radius 3 is 2.38 bits per heavy atom. The summed E-state index contributed by atoms with van der Waals surface area (Å²) in [5.74, 6) is 0.708. The maximum absolute atomic E-state index is 12.8. The van der Waals surface area contributed by atoms with Gasteiger partial charge in [0.05, 0.1) is 36.2 Å². The zero-order valence-corrected chi connectivity index (χ0v) is 15.9. The van der Waals surface area contributed by atoms with Crippen molar-refractivity contribution in [2.45, 2.75) is 6.92 Å². The average molecular weight is 391 g/mol. The minimum atomic E-state index is -0.226. The highest BCUT2D eigenvalue weighted by Crippen LogP contribution is 2.37. The molecular weight excluding hydrogens is 375 g/mol. The van der Waals surface area contributed by atoms with Gasteiger partial charge in [0.2, 0.25) is 0 Å². The third-order valence-corrected chi connectivity index (χ3v) is 4.43. The van der Waals surface area contributed by atoms with Gasteiger partial charge in [-0.1, -0.05) is 23.2 Å². The lowest BCUT2D eigenvalue weighted by molar-refractivity contribution is -0.114. The van der Waals surface area contributed by atoms with Gasteiger partial charge in [0.25, 0.3) is 5.91 Å². The monoisotopic (exact) mass is 390 g/mol. The first kappa shape index (κ1) is 18.3. The molecule has 2 aromatic carbocycles. The average Bonchev–Trinajstić information content (AvgIpc) is 2.90. The van der Waals surface area contributed by atoms with Crippen molar-refractivity contribution in [3.05, 3.63) is 57.6 Å². The molecule has 0 atom stereocenters. The number of carbonyl (C=O) groups excluding carboxylic acids is 1. The summed E-state index contributed by atoms with van der Waals surface area (Å²) in [6.07, 6.45) is 1.73. The quantitative estimate of drug-likeness (QED) is 0.703. The molecule has 0 saturated carbocycles. The minimum Gasteiger partial charge on any atom is -0.493 e. The lowest BCUT2D eigenvalue weighted by Crippen LogP contribution is -2.21. The maximum Gasteiger partial charge on any atom is 0.280 e. The Labute approximate surface area is 161 Å². The topological polar surface area (TPSA) is 51.1 Å². The van der Waals surface area contributed by atoms with Gasteiger partial charge < -0.3 is 9.47 Å². The van der Waals surface area contributed by atoms with Gasteiger partial charge in [0.1, 0.15) is 0 Å². The van der Waals surface area contributed by atoms with Crippen LogP contribution in [-0.4, -0.2) is 25.8 Å². The minimum absolute atomic E-state index is 0.226. The normalized spacial score (nSPS) is 15.4. The molecule has 0 fully saturated rings. The number of halogens is 2. The first-order valence-corrected chi connectivity index (χ1v) is 8.49. The molecule has 0 aromatic heterocycles. The van der Waals surface area contributed by atoms with E-state index in [-0.39, 0.29) is 5.91 Å². The van der Waals surface area contributed by atoms with Crippen LogP contribution in [0, 0.1) is 0 Å². The molecule has 0 saturated heterocycles. The van der Waals surface area contributed by atoms with Crippen LogP contribution in [0.2, 0.25) is 10.0 Å². The fourth-order valence-electron chi connectivity index (χ4n) is 2.63. The summed E-state index contributed by atoms with van der Waals surface area (Å²) in [5.41, 5.74) is 2.44. The lowest BCUT2D eigenvalue weighted by Gasteiger charge is -2.12. The molecule has 1 aliphatic rings. The van der Waals surface area contributed by atoms with Gasteiger partial charge in [-0.2, -0.15) is 10.1 Å². The second-order valence-corrected chi connectivity index (χ2v) is 6.42. The molecular formula is C19H16Cl2N2O3. The van der Waals surface area contributed by atoms with Gasteiger partial charge in [-0.25, -0.2) is 0 Å². The molecule has 7 heteroatoms. The van der Waals surface area contributed by atoms with Gasteiger partial charge in [0.15, 0.2) is 11.5 Å². The van der Waals surface area contributed by atoms with Crippen molar-refractivity contribution < 1.29 is 14.3 Å². The number of hydrazone groups is 1. The molecule has 0 bridgehead atoms. The van der Waals surface area contributed by atoms with Crippen LogP contribution >= 0.6 is 23.2 Å². The molecule has 0 spiro atoms. The number of hydrogen-bond donors (Lipinski definition) is 0. The number of nitrogens with zero attached hydrogens (tertiary/aromatic N) is 2. The Balaban J connectivity index is 1.97. The van der Waals surface area contributed by atoms with Crippen LogP contribution in [-0.2, 0) is 4.79 Å². The van der Waals surface area contributed by atoms with Crippen LogP contribution in [0.5, 0.6) is 11.5 Å². The Bertz CT molecular complexity index is 921. The standard InChI is InChI=1S/C19H16Cl2N2O3/c1-11-15(8-12-9-16(21)18(26-3)17(10-12)25-2)19(24)23(22-11)14-6-4-13(20)5-7-14/h4-10H,1-3H3/b15-8+. The molecule has 1 heterocycles. The lowest BCUT2D eigenvalue weighted by atomic mass is 10.1. The van der Waals surface area contributed by atoms with E-state index >= 15 is 0 Å². The molecule has 134 valence electrons. The number of hydrogen-bond acceptors (Lipinski definition) is 4. The highest BCUT2D eigenvalue weighted by Gasteiger charge is 2.28. The van der Waals surface area contributed by atoms with Crippen molar-refractivity contribution in [2.24, 2.45) is 5.10 Å². The Hall–Kier alpha value is -2.50. The van der Waals surface area contributed by atoms with Gasteiger partial charge in [-0.3, -0.25) is 4.79 Å². The summed E-state index contributed by atoms with van der Waals surface area (Å²) >= 11 is 12.1. The Morgan fingerprint density at radius 2 is 1.77 bits per heavy atom. The van der Waals surface area contributed by atoms with Gasteiger partial charge in [0, 0.05) is 5.02 Å². The van der Waals surface area contributed by atoms with Crippen LogP contribution < -0.4 is 14.5 Å². The van der Waals surface area contributed by atoms with E-state index in [1.807, 2.05) is 0 Å². The van der Waals surface area contributed by atoms with E-state index < -0.39 is 0 Å². The van der Waals surface area contributed by atoms with Crippen molar-refractivity contribution in [1.82, 2.24) is 0 Å². The molecule has 5 nitrogen and oxygen atoms in total. The zero-order chi connectivity index (χ0) is 18.8. The van der Waals surface area contributed by atoms with Gasteiger partial charge in [-0.15, -0.1) is 0 Å². The molecule has 3 rings (SSSR count). The number of carbonyl (C=O) groups is 1. The van der Waals surface area contributed by atoms with E-state index in [4.69, 9.17) is 32.7 Å². The van der Waals surface area contributed by atoms with Crippen molar-refractivity contribution in [1.29, 1.82) is 0 Å². The summed E-state index contributed by atoms with van der Waals surface area (Å²) in [4.78, 5) is 12.8. The molecule has 26 heavy (non-hydrogen) atoms. The summed E-state index contributed by atoms with van der Waals surface area (Å²) in [5, 5.41) is 6.68. The van der Waals surface area contributed by atoms with E-state index in [2.05, 4.69) is 5.10 Å². The van der Waals surface area contributed by atoms with Gasteiger partial charge in [-0.05, 0) is 55.0 Å². The second-order valence-electron chi connectivity index (χ2n) is 5.58. The van der Waals surface area contributed by atoms with Crippen LogP contribution in [0.1, 0.15) is 12.5 Å². The van der Waals surface area contributed by atoms with E-state index in [1.165, 1.54) is 19.2 Å². The largest absolute Gasteiger partial charge is 0.493 e. The summed E-state index contributed by atoms with van der Waals surface area (Å²) < 4.78 is 10.5. The van der Waals surface area contributed by atoms with Crippen LogP contribution in [0.3, 0.4) is 0 Å². The molecule has 0 aliphatic carbocycles. The van der Waals surface area contributed by atoms with Crippen LogP contribution in [0.25, 0.3) is 6.08 Å². The predicted octanol–water partition coefficient (Wildman–Crippen LogP) is 4.82. The van der Waals surface area contributed by atoms with Crippen LogP contribution in [0.4, 0.5) is 5.69 Å². The fourth-order valence-corrected chi connectivity index (χ4v) is 3.05. The second kappa shape index (κ2) is 7.40. The van der Waals surface area contributed by atoms with E-state index in [1.54, 1.807) is 49.4 Å². The predicted molar refractivity (Wildman–Crippen MR) is 105 cm³/mol. The van der Waals surface area contributed by atoms with E-state index in [9.17, 15) is 4.79 Å². The van der Waals surface area contributed by atoms with Crippen molar-refractivity contribution in [2.75, 3.05) is 19.2 Å². The zero-order valence-electron chi connectivity index (χ0n) is 14.4. The summed E-state index contributed by atoms with van der Waals surface area (Å²) in [6.45, 7) is 1.78. The number of methoxy groups -OCH3 is 2. The highest BCUT2D eigenvalue weighted by atomic mass is 35.5. The summed E-state index contributed by atoms with van der Waals surface area (Å²) in [6, 6.07) is 10.4. The van der Waals surface area contributed by atoms with E-state index in [0.717, 1.165) is 0 Å². The molecule has 0 unspecified atom stereocenters. The highest BCUT2D eigenvalue weighted by molar-refractivity contribution is 6.34. The number of ether oxygens (including phenoxy) is 2. The maximum atomic E-state index is 12.8. The molecule has 1 aliphatic heterocycles. The third-order valence-electron chi connectivity index (χ3n) is 3.90. The first-order chi connectivity index (χ1) is 12.4. The van der Waals surface area contributed by atoms with Crippen LogP contribution in [0.15, 0.2) is 47.1 Å².